The highest BCUT2D eigenvalue weighted by molar-refractivity contribution is 9.10. The van der Waals surface area contributed by atoms with Crippen LogP contribution in [0.3, 0.4) is 0 Å². The van der Waals surface area contributed by atoms with Crippen LogP contribution in [-0.2, 0) is 6.61 Å². The average Bonchev–Trinajstić information content (AvgIpc) is 2.83. The summed E-state index contributed by atoms with van der Waals surface area (Å²) in [5.41, 5.74) is 0. The van der Waals surface area contributed by atoms with E-state index in [0.29, 0.717) is 18.1 Å². The molecule has 1 amide bonds. The van der Waals surface area contributed by atoms with Crippen LogP contribution in [-0.4, -0.2) is 23.9 Å². The normalized spacial score (nSPS) is 13.9. The van der Waals surface area contributed by atoms with E-state index in [9.17, 15) is 4.79 Å². The van der Waals surface area contributed by atoms with E-state index in [1.54, 1.807) is 17.0 Å². The zero-order chi connectivity index (χ0) is 13.9. The molecule has 0 saturated carbocycles. The molecule has 2 heterocycles. The first kappa shape index (κ1) is 13.2. The molecule has 4 nitrogen and oxygen atoms in total. The van der Waals surface area contributed by atoms with Gasteiger partial charge < -0.3 is 14.1 Å². The molecule has 2 aromatic rings. The van der Waals surface area contributed by atoms with E-state index in [2.05, 4.69) is 15.9 Å². The van der Waals surface area contributed by atoms with Crippen LogP contribution >= 0.6 is 15.9 Å². The number of ether oxygens (including phenoxy) is 1. The fourth-order valence-corrected chi connectivity index (χ4v) is 2.34. The van der Waals surface area contributed by atoms with Crippen molar-refractivity contribution in [3.8, 4) is 5.75 Å². The Hall–Kier alpha value is -1.75. The third-order valence-corrected chi connectivity index (χ3v) is 3.69. The van der Waals surface area contributed by atoms with E-state index >= 15 is 0 Å². The molecule has 1 saturated heterocycles. The van der Waals surface area contributed by atoms with Crippen LogP contribution in [0.25, 0.3) is 0 Å². The monoisotopic (exact) mass is 335 g/mol. The molecule has 0 aliphatic carbocycles. The fraction of sp³-hybridized carbons (Fsp3) is 0.267. The SMILES string of the molecule is O=C(c1ccc(COc2cccc(Br)c2)o1)N1CCC1. The number of halogens is 1. The summed E-state index contributed by atoms with van der Waals surface area (Å²) < 4.78 is 12.1. The Balaban J connectivity index is 1.61. The zero-order valence-corrected chi connectivity index (χ0v) is 12.4. The van der Waals surface area contributed by atoms with Crippen LogP contribution < -0.4 is 4.74 Å². The summed E-state index contributed by atoms with van der Waals surface area (Å²) >= 11 is 3.39. The van der Waals surface area contributed by atoms with E-state index in [-0.39, 0.29) is 5.91 Å². The molecule has 20 heavy (non-hydrogen) atoms. The van der Waals surface area contributed by atoms with Gasteiger partial charge in [0.1, 0.15) is 18.1 Å². The Bertz CT molecular complexity index is 619. The lowest BCUT2D eigenvalue weighted by atomic mass is 10.2. The molecule has 1 fully saturated rings. The first-order valence-electron chi connectivity index (χ1n) is 6.49. The first-order chi connectivity index (χ1) is 9.72. The van der Waals surface area contributed by atoms with E-state index in [1.807, 2.05) is 24.3 Å². The summed E-state index contributed by atoms with van der Waals surface area (Å²) in [6.07, 6.45) is 1.07. The zero-order valence-electron chi connectivity index (χ0n) is 10.8. The van der Waals surface area contributed by atoms with Gasteiger partial charge in [0.05, 0.1) is 0 Å². The number of rotatable bonds is 4. The summed E-state index contributed by atoms with van der Waals surface area (Å²) in [6, 6.07) is 11.1. The maximum atomic E-state index is 11.9. The summed E-state index contributed by atoms with van der Waals surface area (Å²) in [5.74, 6) is 1.75. The molecule has 0 radical (unpaired) electrons. The Morgan fingerprint density at radius 1 is 1.30 bits per heavy atom. The summed E-state index contributed by atoms with van der Waals surface area (Å²) in [7, 11) is 0. The number of carbonyl (C=O) groups excluding carboxylic acids is 1. The molecule has 104 valence electrons. The van der Waals surface area contributed by atoms with Crippen molar-refractivity contribution in [2.45, 2.75) is 13.0 Å². The maximum absolute atomic E-state index is 11.9. The van der Waals surface area contributed by atoms with Crippen molar-refractivity contribution >= 4 is 21.8 Å². The van der Waals surface area contributed by atoms with Crippen molar-refractivity contribution in [3.05, 3.63) is 52.4 Å². The second-order valence-electron chi connectivity index (χ2n) is 4.66. The summed E-state index contributed by atoms with van der Waals surface area (Å²) in [6.45, 7) is 1.95. The number of amides is 1. The third-order valence-electron chi connectivity index (χ3n) is 3.19. The predicted octanol–water partition coefficient (Wildman–Crippen LogP) is 3.47. The molecule has 3 rings (SSSR count). The number of hydrogen-bond acceptors (Lipinski definition) is 3. The van der Waals surface area contributed by atoms with Crippen molar-refractivity contribution in [2.75, 3.05) is 13.1 Å². The third kappa shape index (κ3) is 2.88. The van der Waals surface area contributed by atoms with Gasteiger partial charge >= 0.3 is 0 Å². The second kappa shape index (κ2) is 5.71. The highest BCUT2D eigenvalue weighted by Gasteiger charge is 2.24. The van der Waals surface area contributed by atoms with Crippen LogP contribution in [0.4, 0.5) is 0 Å². The second-order valence-corrected chi connectivity index (χ2v) is 5.57. The van der Waals surface area contributed by atoms with E-state index in [0.717, 1.165) is 29.7 Å². The van der Waals surface area contributed by atoms with Crippen LogP contribution in [0, 0.1) is 0 Å². The Morgan fingerprint density at radius 3 is 2.85 bits per heavy atom. The minimum absolute atomic E-state index is 0.0371. The van der Waals surface area contributed by atoms with E-state index < -0.39 is 0 Å². The van der Waals surface area contributed by atoms with Gasteiger partial charge in [-0.3, -0.25) is 4.79 Å². The average molecular weight is 336 g/mol. The van der Waals surface area contributed by atoms with Gasteiger partial charge in [0.25, 0.3) is 5.91 Å². The lowest BCUT2D eigenvalue weighted by Crippen LogP contribution is -2.41. The Morgan fingerprint density at radius 2 is 2.15 bits per heavy atom. The van der Waals surface area contributed by atoms with Crippen LogP contribution in [0.2, 0.25) is 0 Å². The number of hydrogen-bond donors (Lipinski definition) is 0. The molecule has 1 aromatic carbocycles. The van der Waals surface area contributed by atoms with Crippen molar-refractivity contribution < 1.29 is 13.9 Å². The standard InChI is InChI=1S/C15H14BrNO3/c16-11-3-1-4-12(9-11)19-10-13-5-6-14(20-13)15(18)17-7-2-8-17/h1,3-6,9H,2,7-8,10H2. The van der Waals surface area contributed by atoms with E-state index in [4.69, 9.17) is 9.15 Å². The minimum Gasteiger partial charge on any atom is -0.486 e. The van der Waals surface area contributed by atoms with Crippen molar-refractivity contribution in [1.29, 1.82) is 0 Å². The van der Waals surface area contributed by atoms with Gasteiger partial charge in [-0.2, -0.15) is 0 Å². The molecule has 0 spiro atoms. The Kier molecular flexibility index (Phi) is 3.78. The van der Waals surface area contributed by atoms with Gasteiger partial charge in [0.15, 0.2) is 5.76 Å². The predicted molar refractivity (Wildman–Crippen MR) is 77.7 cm³/mol. The van der Waals surface area contributed by atoms with Gasteiger partial charge in [-0.15, -0.1) is 0 Å². The molecule has 0 atom stereocenters. The molecular weight excluding hydrogens is 322 g/mol. The van der Waals surface area contributed by atoms with Crippen LogP contribution in [0.15, 0.2) is 45.3 Å². The van der Waals surface area contributed by atoms with Crippen molar-refractivity contribution in [1.82, 2.24) is 4.90 Å². The van der Waals surface area contributed by atoms with Crippen LogP contribution in [0.5, 0.6) is 5.75 Å². The summed E-state index contributed by atoms with van der Waals surface area (Å²) in [5, 5.41) is 0. The van der Waals surface area contributed by atoms with Crippen molar-refractivity contribution in [2.24, 2.45) is 0 Å². The highest BCUT2D eigenvalue weighted by Crippen LogP contribution is 2.20. The summed E-state index contributed by atoms with van der Waals surface area (Å²) in [4.78, 5) is 13.7. The van der Waals surface area contributed by atoms with Gasteiger partial charge in [0, 0.05) is 17.6 Å². The van der Waals surface area contributed by atoms with Gasteiger partial charge in [-0.1, -0.05) is 22.0 Å². The number of likely N-dealkylation sites (tertiary alicyclic amines) is 1. The quantitative estimate of drug-likeness (QED) is 0.859. The molecule has 0 unspecified atom stereocenters. The molecule has 1 aliphatic heterocycles. The molecule has 1 aliphatic rings. The molecule has 1 aromatic heterocycles. The van der Waals surface area contributed by atoms with E-state index in [1.165, 1.54) is 0 Å². The number of benzene rings is 1. The number of nitrogens with zero attached hydrogens (tertiary/aromatic N) is 1. The highest BCUT2D eigenvalue weighted by atomic mass is 79.9. The first-order valence-corrected chi connectivity index (χ1v) is 7.28. The van der Waals surface area contributed by atoms with Gasteiger partial charge in [0.2, 0.25) is 0 Å². The largest absolute Gasteiger partial charge is 0.486 e. The Labute approximate surface area is 125 Å². The lowest BCUT2D eigenvalue weighted by Gasteiger charge is -2.29. The topological polar surface area (TPSA) is 42.7 Å². The molecule has 0 N–H and O–H groups in total. The maximum Gasteiger partial charge on any atom is 0.289 e. The minimum atomic E-state index is -0.0371. The van der Waals surface area contributed by atoms with Gasteiger partial charge in [-0.05, 0) is 36.8 Å². The fourth-order valence-electron chi connectivity index (χ4n) is 1.96. The molecule has 0 bridgehead atoms. The lowest BCUT2D eigenvalue weighted by molar-refractivity contribution is 0.0615. The number of furan rings is 1. The number of carbonyl (C=O) groups is 1. The van der Waals surface area contributed by atoms with Gasteiger partial charge in [-0.25, -0.2) is 0 Å². The molecule has 5 heteroatoms. The molecular formula is C15H14BrNO3. The smallest absolute Gasteiger partial charge is 0.289 e. The van der Waals surface area contributed by atoms with Crippen molar-refractivity contribution in [3.63, 3.8) is 0 Å². The van der Waals surface area contributed by atoms with Crippen LogP contribution in [0.1, 0.15) is 22.7 Å².